The Balaban J connectivity index is 1.47. The third kappa shape index (κ3) is 3.24. The van der Waals surface area contributed by atoms with Gasteiger partial charge in [-0.2, -0.15) is 0 Å². The van der Waals surface area contributed by atoms with E-state index in [1.54, 1.807) is 5.57 Å². The first-order chi connectivity index (χ1) is 11.4. The van der Waals surface area contributed by atoms with Crippen LogP contribution in [0.5, 0.6) is 0 Å². The standard InChI is InChI=1S/C21H23NO/c1-2-6-17(7-3-1)14-22-12-10-18(11-13-22)21-16-23-15-19-8-4-5-9-20(19)21/h1-9H,10-16H2. The first kappa shape index (κ1) is 14.7. The van der Waals surface area contributed by atoms with Crippen molar-refractivity contribution < 1.29 is 4.74 Å². The first-order valence-electron chi connectivity index (χ1n) is 8.53. The Morgan fingerprint density at radius 2 is 1.57 bits per heavy atom. The highest BCUT2D eigenvalue weighted by Gasteiger charge is 2.21. The average Bonchev–Trinajstić information content (AvgIpc) is 2.63. The molecule has 2 aliphatic heterocycles. The average molecular weight is 305 g/mol. The fourth-order valence-corrected chi connectivity index (χ4v) is 3.70. The smallest absolute Gasteiger partial charge is 0.0727 e. The zero-order chi connectivity index (χ0) is 15.5. The molecule has 0 atom stereocenters. The molecule has 2 heteroatoms. The summed E-state index contributed by atoms with van der Waals surface area (Å²) in [7, 11) is 0. The number of benzene rings is 2. The molecule has 0 radical (unpaired) electrons. The van der Waals surface area contributed by atoms with Crippen LogP contribution >= 0.6 is 0 Å². The molecule has 1 saturated heterocycles. The summed E-state index contributed by atoms with van der Waals surface area (Å²) in [5.41, 5.74) is 7.22. The Morgan fingerprint density at radius 3 is 2.39 bits per heavy atom. The zero-order valence-corrected chi connectivity index (χ0v) is 13.5. The van der Waals surface area contributed by atoms with E-state index >= 15 is 0 Å². The van der Waals surface area contributed by atoms with Crippen molar-refractivity contribution in [3.05, 3.63) is 76.9 Å². The van der Waals surface area contributed by atoms with Crippen LogP contribution in [-0.2, 0) is 17.9 Å². The van der Waals surface area contributed by atoms with Gasteiger partial charge in [-0.15, -0.1) is 0 Å². The molecule has 118 valence electrons. The molecule has 2 aromatic carbocycles. The van der Waals surface area contributed by atoms with Gasteiger partial charge in [0.05, 0.1) is 13.2 Å². The van der Waals surface area contributed by atoms with Gasteiger partial charge in [0.15, 0.2) is 0 Å². The molecule has 2 aromatic rings. The molecule has 0 unspecified atom stereocenters. The summed E-state index contributed by atoms with van der Waals surface area (Å²) in [6, 6.07) is 19.5. The van der Waals surface area contributed by atoms with Gasteiger partial charge in [-0.1, -0.05) is 60.2 Å². The summed E-state index contributed by atoms with van der Waals surface area (Å²) in [5, 5.41) is 0. The van der Waals surface area contributed by atoms with E-state index in [-0.39, 0.29) is 0 Å². The fraction of sp³-hybridized carbons (Fsp3) is 0.333. The molecule has 0 aromatic heterocycles. The van der Waals surface area contributed by atoms with Gasteiger partial charge in [-0.25, -0.2) is 0 Å². The van der Waals surface area contributed by atoms with Crippen LogP contribution in [0.3, 0.4) is 0 Å². The zero-order valence-electron chi connectivity index (χ0n) is 13.5. The monoisotopic (exact) mass is 305 g/mol. The maximum atomic E-state index is 5.81. The summed E-state index contributed by atoms with van der Waals surface area (Å²) in [6.45, 7) is 4.90. The van der Waals surface area contributed by atoms with Crippen molar-refractivity contribution in [1.29, 1.82) is 0 Å². The van der Waals surface area contributed by atoms with E-state index in [9.17, 15) is 0 Å². The minimum Gasteiger partial charge on any atom is -0.372 e. The second kappa shape index (κ2) is 6.69. The highest BCUT2D eigenvalue weighted by atomic mass is 16.5. The van der Waals surface area contributed by atoms with Crippen LogP contribution in [0.25, 0.3) is 5.57 Å². The second-order valence-corrected chi connectivity index (χ2v) is 6.49. The molecular formula is C21H23NO. The van der Waals surface area contributed by atoms with Gasteiger partial charge >= 0.3 is 0 Å². The van der Waals surface area contributed by atoms with E-state index in [0.29, 0.717) is 0 Å². The Bertz CT molecular complexity index is 695. The lowest BCUT2D eigenvalue weighted by atomic mass is 9.90. The SMILES string of the molecule is c1ccc(CN2CCC(=C3COCc4ccccc43)CC2)cc1. The fourth-order valence-electron chi connectivity index (χ4n) is 3.70. The summed E-state index contributed by atoms with van der Waals surface area (Å²) >= 11 is 0. The largest absolute Gasteiger partial charge is 0.372 e. The third-order valence-corrected chi connectivity index (χ3v) is 4.98. The lowest BCUT2D eigenvalue weighted by Crippen LogP contribution is -2.31. The van der Waals surface area contributed by atoms with E-state index < -0.39 is 0 Å². The number of likely N-dealkylation sites (tertiary alicyclic amines) is 1. The number of fused-ring (bicyclic) bond motifs is 1. The lowest BCUT2D eigenvalue weighted by Gasteiger charge is -2.31. The van der Waals surface area contributed by atoms with E-state index in [2.05, 4.69) is 59.5 Å². The topological polar surface area (TPSA) is 12.5 Å². The molecule has 0 saturated carbocycles. The van der Waals surface area contributed by atoms with E-state index in [0.717, 1.165) is 32.8 Å². The van der Waals surface area contributed by atoms with Crippen LogP contribution in [-0.4, -0.2) is 24.6 Å². The second-order valence-electron chi connectivity index (χ2n) is 6.49. The minimum absolute atomic E-state index is 0.757. The van der Waals surface area contributed by atoms with Gasteiger partial charge in [0, 0.05) is 19.6 Å². The van der Waals surface area contributed by atoms with Gasteiger partial charge in [0.25, 0.3) is 0 Å². The van der Waals surface area contributed by atoms with Crippen LogP contribution in [0.1, 0.15) is 29.5 Å². The molecule has 2 nitrogen and oxygen atoms in total. The van der Waals surface area contributed by atoms with Crippen molar-refractivity contribution in [3.8, 4) is 0 Å². The molecule has 0 bridgehead atoms. The number of hydrogen-bond donors (Lipinski definition) is 0. The number of nitrogens with zero attached hydrogens (tertiary/aromatic N) is 1. The van der Waals surface area contributed by atoms with Crippen molar-refractivity contribution in [3.63, 3.8) is 0 Å². The van der Waals surface area contributed by atoms with E-state index in [1.807, 2.05) is 0 Å². The molecule has 0 spiro atoms. The van der Waals surface area contributed by atoms with Crippen LogP contribution in [0.15, 0.2) is 60.2 Å². The third-order valence-electron chi connectivity index (χ3n) is 4.98. The molecule has 1 fully saturated rings. The number of piperidine rings is 1. The summed E-state index contributed by atoms with van der Waals surface area (Å²) in [6.07, 6.45) is 2.33. The van der Waals surface area contributed by atoms with Gasteiger partial charge in [-0.05, 0) is 35.1 Å². The molecule has 0 amide bonds. The van der Waals surface area contributed by atoms with Crippen molar-refractivity contribution in [2.45, 2.75) is 26.0 Å². The molecule has 0 N–H and O–H groups in total. The maximum Gasteiger partial charge on any atom is 0.0727 e. The number of ether oxygens (including phenoxy) is 1. The molecule has 4 rings (SSSR count). The Labute approximate surface area is 138 Å². The van der Waals surface area contributed by atoms with Crippen molar-refractivity contribution in [2.75, 3.05) is 19.7 Å². The van der Waals surface area contributed by atoms with Crippen LogP contribution < -0.4 is 0 Å². The van der Waals surface area contributed by atoms with Crippen LogP contribution in [0, 0.1) is 0 Å². The van der Waals surface area contributed by atoms with Crippen molar-refractivity contribution in [1.82, 2.24) is 4.90 Å². The van der Waals surface area contributed by atoms with Gasteiger partial charge in [-0.3, -0.25) is 4.90 Å². The Hall–Kier alpha value is -1.90. The van der Waals surface area contributed by atoms with E-state index in [1.165, 1.54) is 35.1 Å². The molecular weight excluding hydrogens is 282 g/mol. The normalized spacial score (nSPS) is 18.8. The first-order valence-corrected chi connectivity index (χ1v) is 8.53. The maximum absolute atomic E-state index is 5.81. The van der Waals surface area contributed by atoms with E-state index in [4.69, 9.17) is 4.74 Å². The Morgan fingerprint density at radius 1 is 0.826 bits per heavy atom. The molecule has 0 aliphatic carbocycles. The lowest BCUT2D eigenvalue weighted by molar-refractivity contribution is 0.145. The number of rotatable bonds is 2. The van der Waals surface area contributed by atoms with Crippen LogP contribution in [0.2, 0.25) is 0 Å². The quantitative estimate of drug-likeness (QED) is 0.821. The summed E-state index contributed by atoms with van der Waals surface area (Å²) in [4.78, 5) is 2.56. The summed E-state index contributed by atoms with van der Waals surface area (Å²) < 4.78 is 5.81. The van der Waals surface area contributed by atoms with Gasteiger partial charge in [0.1, 0.15) is 0 Å². The summed E-state index contributed by atoms with van der Waals surface area (Å²) in [5.74, 6) is 0. The highest BCUT2D eigenvalue weighted by molar-refractivity contribution is 5.73. The van der Waals surface area contributed by atoms with Crippen LogP contribution in [0.4, 0.5) is 0 Å². The highest BCUT2D eigenvalue weighted by Crippen LogP contribution is 2.32. The molecule has 23 heavy (non-hydrogen) atoms. The predicted molar refractivity (Wildman–Crippen MR) is 94.0 cm³/mol. The van der Waals surface area contributed by atoms with Gasteiger partial charge < -0.3 is 4.74 Å². The van der Waals surface area contributed by atoms with Crippen molar-refractivity contribution in [2.24, 2.45) is 0 Å². The molecule has 2 heterocycles. The Kier molecular flexibility index (Phi) is 4.27. The van der Waals surface area contributed by atoms with Crippen molar-refractivity contribution >= 4 is 5.57 Å². The minimum atomic E-state index is 0.757. The predicted octanol–water partition coefficient (Wildman–Crippen LogP) is 4.27. The molecule has 2 aliphatic rings. The number of hydrogen-bond acceptors (Lipinski definition) is 2. The van der Waals surface area contributed by atoms with Gasteiger partial charge in [0.2, 0.25) is 0 Å².